The molecule has 0 heterocycles. The van der Waals surface area contributed by atoms with Gasteiger partial charge < -0.3 is 9.84 Å². The molecule has 2 unspecified atom stereocenters. The van der Waals surface area contributed by atoms with Crippen LogP contribution in [0.5, 0.6) is 11.5 Å². The van der Waals surface area contributed by atoms with E-state index in [0.717, 1.165) is 28.0 Å². The number of carbonyl (C=O) groups excluding carboxylic acids is 2. The number of rotatable bonds is 3. The van der Waals surface area contributed by atoms with Crippen molar-refractivity contribution in [1.82, 2.24) is 0 Å². The van der Waals surface area contributed by atoms with Crippen molar-refractivity contribution in [2.75, 3.05) is 0 Å². The minimum Gasteiger partial charge on any atom is -0.507 e. The van der Waals surface area contributed by atoms with Crippen LogP contribution in [0.2, 0.25) is 0 Å². The number of fused-ring (bicyclic) bond motifs is 4. The van der Waals surface area contributed by atoms with Crippen molar-refractivity contribution in [2.24, 2.45) is 11.8 Å². The largest absolute Gasteiger partial charge is 0.507 e. The number of esters is 1. The van der Waals surface area contributed by atoms with Crippen LogP contribution in [0.3, 0.4) is 0 Å². The lowest BCUT2D eigenvalue weighted by Crippen LogP contribution is -2.13. The zero-order valence-electron chi connectivity index (χ0n) is 17.7. The van der Waals surface area contributed by atoms with Crippen LogP contribution in [0, 0.1) is 11.8 Å². The van der Waals surface area contributed by atoms with E-state index in [1.807, 2.05) is 72.8 Å². The molecule has 1 saturated carbocycles. The first-order chi connectivity index (χ1) is 16.1. The summed E-state index contributed by atoms with van der Waals surface area (Å²) in [5, 5.41) is 14.6. The molecule has 0 aliphatic heterocycles. The number of aromatic hydroxyl groups is 1. The van der Waals surface area contributed by atoms with Gasteiger partial charge in [-0.1, -0.05) is 72.8 Å². The summed E-state index contributed by atoms with van der Waals surface area (Å²) in [5.74, 6) is -0.255. The van der Waals surface area contributed by atoms with Gasteiger partial charge in [0.1, 0.15) is 11.5 Å². The Kier molecular flexibility index (Phi) is 4.40. The van der Waals surface area contributed by atoms with Gasteiger partial charge in [-0.15, -0.1) is 0 Å². The third-order valence-corrected chi connectivity index (χ3v) is 6.64. The van der Waals surface area contributed by atoms with Crippen molar-refractivity contribution in [3.05, 3.63) is 96.6 Å². The molecule has 4 aromatic carbocycles. The van der Waals surface area contributed by atoms with Gasteiger partial charge in [-0.3, -0.25) is 4.79 Å². The second kappa shape index (κ2) is 7.45. The number of ketones is 1. The summed E-state index contributed by atoms with van der Waals surface area (Å²) in [5.41, 5.74) is 1.77. The highest BCUT2D eigenvalue weighted by atomic mass is 16.5. The van der Waals surface area contributed by atoms with Gasteiger partial charge in [0.15, 0.2) is 5.78 Å². The molecular weight excluding hydrogens is 412 g/mol. The molecular formula is C29H20O4. The molecule has 6 rings (SSSR count). The summed E-state index contributed by atoms with van der Waals surface area (Å²) in [6.45, 7) is 0. The second-order valence-corrected chi connectivity index (χ2v) is 8.56. The first-order valence-electron chi connectivity index (χ1n) is 11.0. The van der Waals surface area contributed by atoms with Crippen LogP contribution < -0.4 is 4.74 Å². The highest BCUT2D eigenvalue weighted by Crippen LogP contribution is 2.45. The lowest BCUT2D eigenvalue weighted by atomic mass is 9.92. The van der Waals surface area contributed by atoms with Crippen LogP contribution in [0.15, 0.2) is 96.6 Å². The molecule has 2 atom stereocenters. The summed E-state index contributed by atoms with van der Waals surface area (Å²) in [6.07, 6.45) is 5.97. The Labute approximate surface area is 190 Å². The van der Waals surface area contributed by atoms with Crippen molar-refractivity contribution < 1.29 is 19.4 Å². The molecule has 0 amide bonds. The number of Topliss-reactive ketones (excluding diaryl/α,β-unsaturated/α-hetero) is 1. The lowest BCUT2D eigenvalue weighted by molar-refractivity contribution is -0.129. The van der Waals surface area contributed by atoms with Crippen LogP contribution >= 0.6 is 0 Å². The maximum Gasteiger partial charge on any atom is 0.336 e. The number of benzene rings is 4. The molecule has 2 aliphatic carbocycles. The average molecular weight is 432 g/mol. The molecule has 1 N–H and O–H groups in total. The van der Waals surface area contributed by atoms with Gasteiger partial charge in [-0.25, -0.2) is 4.79 Å². The predicted octanol–water partition coefficient (Wildman–Crippen LogP) is 5.97. The normalized spacial score (nSPS) is 20.2. The Morgan fingerprint density at radius 3 is 2.15 bits per heavy atom. The summed E-state index contributed by atoms with van der Waals surface area (Å²) < 4.78 is 5.83. The van der Waals surface area contributed by atoms with E-state index in [1.54, 1.807) is 12.1 Å². The van der Waals surface area contributed by atoms with E-state index in [2.05, 4.69) is 0 Å². The number of ether oxygens (including phenoxy) is 1. The molecule has 4 aromatic rings. The van der Waals surface area contributed by atoms with Crippen molar-refractivity contribution in [1.29, 1.82) is 0 Å². The topological polar surface area (TPSA) is 63.6 Å². The maximum atomic E-state index is 12.9. The number of hydrogen-bond donors (Lipinski definition) is 1. The number of phenols is 1. The molecule has 0 radical (unpaired) electrons. The molecule has 160 valence electrons. The lowest BCUT2D eigenvalue weighted by Gasteiger charge is -2.16. The molecule has 33 heavy (non-hydrogen) atoms. The van der Waals surface area contributed by atoms with Gasteiger partial charge in [-0.2, -0.15) is 0 Å². The molecule has 2 bridgehead atoms. The predicted molar refractivity (Wildman–Crippen MR) is 128 cm³/mol. The molecule has 0 spiro atoms. The molecule has 4 heteroatoms. The molecule has 2 aliphatic rings. The van der Waals surface area contributed by atoms with Gasteiger partial charge in [0.25, 0.3) is 0 Å². The van der Waals surface area contributed by atoms with Crippen molar-refractivity contribution >= 4 is 33.3 Å². The van der Waals surface area contributed by atoms with Crippen LogP contribution in [0.4, 0.5) is 0 Å². The maximum absolute atomic E-state index is 12.9. The molecule has 4 nitrogen and oxygen atoms in total. The molecule has 0 aromatic heterocycles. The van der Waals surface area contributed by atoms with Crippen LogP contribution in [-0.4, -0.2) is 16.9 Å². The van der Waals surface area contributed by atoms with E-state index in [4.69, 9.17) is 4.74 Å². The standard InChI is InChI=1S/C29H20O4/c30-24-13-11-17-5-1-3-7-21(17)27(24)28-22-8-4-2-6-18(22)12-14-25(28)33-26(31)16-23-19-9-10-20(15-19)29(23)32/h1-14,16,19-20,30H,15H2/b23-16+. The van der Waals surface area contributed by atoms with Gasteiger partial charge in [0, 0.05) is 34.6 Å². The minimum atomic E-state index is -0.587. The first-order valence-corrected chi connectivity index (χ1v) is 11.0. The Morgan fingerprint density at radius 1 is 0.818 bits per heavy atom. The van der Waals surface area contributed by atoms with Gasteiger partial charge in [-0.05, 0) is 40.1 Å². The van der Waals surface area contributed by atoms with Gasteiger partial charge in [0.05, 0.1) is 0 Å². The summed E-state index contributed by atoms with van der Waals surface area (Å²) in [7, 11) is 0. The zero-order valence-corrected chi connectivity index (χ0v) is 17.7. The zero-order chi connectivity index (χ0) is 22.5. The van der Waals surface area contributed by atoms with Crippen LogP contribution in [0.1, 0.15) is 6.42 Å². The summed E-state index contributed by atoms with van der Waals surface area (Å²) in [6, 6.07) is 22.7. The van der Waals surface area contributed by atoms with E-state index < -0.39 is 5.97 Å². The van der Waals surface area contributed by atoms with Crippen molar-refractivity contribution in [3.8, 4) is 22.6 Å². The van der Waals surface area contributed by atoms with E-state index in [0.29, 0.717) is 22.4 Å². The Balaban J connectivity index is 1.52. The van der Waals surface area contributed by atoms with Gasteiger partial charge in [0.2, 0.25) is 0 Å². The second-order valence-electron chi connectivity index (χ2n) is 8.56. The van der Waals surface area contributed by atoms with Crippen molar-refractivity contribution in [3.63, 3.8) is 0 Å². The molecule has 1 fully saturated rings. The van der Waals surface area contributed by atoms with E-state index in [9.17, 15) is 14.7 Å². The fraction of sp³-hybridized carbons (Fsp3) is 0.103. The smallest absolute Gasteiger partial charge is 0.336 e. The number of carbonyl (C=O) groups is 2. The minimum absolute atomic E-state index is 0.00452. The summed E-state index contributed by atoms with van der Waals surface area (Å²) >= 11 is 0. The third-order valence-electron chi connectivity index (χ3n) is 6.64. The summed E-state index contributed by atoms with van der Waals surface area (Å²) in [4.78, 5) is 25.4. The highest BCUT2D eigenvalue weighted by Gasteiger charge is 2.39. The highest BCUT2D eigenvalue weighted by molar-refractivity contribution is 6.11. The molecule has 0 saturated heterocycles. The fourth-order valence-electron chi connectivity index (χ4n) is 5.08. The fourth-order valence-corrected chi connectivity index (χ4v) is 5.08. The first kappa shape index (κ1) is 19.5. The van der Waals surface area contributed by atoms with E-state index in [-0.39, 0.29) is 23.4 Å². The average Bonchev–Trinajstić information content (AvgIpc) is 3.42. The Bertz CT molecular complexity index is 1530. The van der Waals surface area contributed by atoms with Crippen LogP contribution in [0.25, 0.3) is 32.7 Å². The quantitative estimate of drug-likeness (QED) is 0.187. The number of allylic oxidation sites excluding steroid dienone is 3. The Morgan fingerprint density at radius 2 is 1.45 bits per heavy atom. The number of hydrogen-bond acceptors (Lipinski definition) is 4. The third kappa shape index (κ3) is 3.14. The van der Waals surface area contributed by atoms with Crippen LogP contribution in [-0.2, 0) is 9.59 Å². The van der Waals surface area contributed by atoms with E-state index >= 15 is 0 Å². The SMILES string of the molecule is O=C(/C=C1/C(=O)C2C=CC1C2)Oc1ccc2ccccc2c1-c1c(O)ccc2ccccc12. The van der Waals surface area contributed by atoms with Crippen molar-refractivity contribution in [2.45, 2.75) is 6.42 Å². The number of phenolic OH excluding ortho intramolecular Hbond substituents is 1. The Hall–Kier alpha value is -4.18. The van der Waals surface area contributed by atoms with Gasteiger partial charge >= 0.3 is 5.97 Å². The van der Waals surface area contributed by atoms with E-state index in [1.165, 1.54) is 6.08 Å². The monoisotopic (exact) mass is 432 g/mol.